The molecular formula is C14H22N2. The molecule has 16 heavy (non-hydrogen) atoms. The van der Waals surface area contributed by atoms with E-state index in [2.05, 4.69) is 54.4 Å². The molecule has 1 saturated heterocycles. The van der Waals surface area contributed by atoms with Crippen LogP contribution in [0.5, 0.6) is 0 Å². The van der Waals surface area contributed by atoms with Crippen molar-refractivity contribution in [3.8, 4) is 0 Å². The van der Waals surface area contributed by atoms with Crippen LogP contribution in [0, 0.1) is 0 Å². The lowest BCUT2D eigenvalue weighted by molar-refractivity contribution is 0.150. The van der Waals surface area contributed by atoms with E-state index in [1.807, 2.05) is 0 Å². The van der Waals surface area contributed by atoms with Gasteiger partial charge in [-0.1, -0.05) is 37.3 Å². The fourth-order valence-corrected chi connectivity index (χ4v) is 2.34. The summed E-state index contributed by atoms with van der Waals surface area (Å²) in [4.78, 5) is 2.59. The highest BCUT2D eigenvalue weighted by Gasteiger charge is 2.22. The maximum absolute atomic E-state index is 3.60. The second-order valence-electron chi connectivity index (χ2n) is 4.67. The van der Waals surface area contributed by atoms with Gasteiger partial charge in [0, 0.05) is 31.7 Å². The summed E-state index contributed by atoms with van der Waals surface area (Å²) >= 11 is 0. The molecule has 88 valence electrons. The van der Waals surface area contributed by atoms with E-state index in [0.717, 1.165) is 13.1 Å². The van der Waals surface area contributed by atoms with Crippen molar-refractivity contribution < 1.29 is 0 Å². The van der Waals surface area contributed by atoms with Crippen molar-refractivity contribution in [2.24, 2.45) is 0 Å². The van der Waals surface area contributed by atoms with Crippen LogP contribution in [0.3, 0.4) is 0 Å². The van der Waals surface area contributed by atoms with Gasteiger partial charge in [0.05, 0.1) is 0 Å². The number of nitrogens with zero attached hydrogens (tertiary/aromatic N) is 1. The van der Waals surface area contributed by atoms with Gasteiger partial charge in [-0.05, 0) is 18.9 Å². The Labute approximate surface area is 98.7 Å². The molecule has 1 aliphatic heterocycles. The van der Waals surface area contributed by atoms with E-state index in [-0.39, 0.29) is 0 Å². The summed E-state index contributed by atoms with van der Waals surface area (Å²) < 4.78 is 0. The lowest BCUT2D eigenvalue weighted by Gasteiger charge is -2.37. The molecule has 1 N–H and O–H groups in total. The molecule has 0 aliphatic carbocycles. The summed E-state index contributed by atoms with van der Waals surface area (Å²) in [6.45, 7) is 8.01. The largest absolute Gasteiger partial charge is 0.308 e. The maximum Gasteiger partial charge on any atom is 0.0449 e. The van der Waals surface area contributed by atoms with E-state index >= 15 is 0 Å². The Balaban J connectivity index is 2.02. The van der Waals surface area contributed by atoms with Crippen LogP contribution in [0.4, 0.5) is 0 Å². The minimum atomic E-state index is 0.504. The molecule has 0 radical (unpaired) electrons. The summed E-state index contributed by atoms with van der Waals surface area (Å²) in [6, 6.07) is 12.0. The number of hydrogen-bond acceptors (Lipinski definition) is 2. The van der Waals surface area contributed by atoms with E-state index in [9.17, 15) is 0 Å². The third-order valence-electron chi connectivity index (χ3n) is 3.62. The van der Waals surface area contributed by atoms with Crippen LogP contribution in [-0.2, 0) is 0 Å². The highest BCUT2D eigenvalue weighted by molar-refractivity contribution is 5.19. The Morgan fingerprint density at radius 2 is 2.12 bits per heavy atom. The molecule has 2 rings (SSSR count). The summed E-state index contributed by atoms with van der Waals surface area (Å²) in [5.74, 6) is 0. The topological polar surface area (TPSA) is 15.3 Å². The van der Waals surface area contributed by atoms with Crippen LogP contribution >= 0.6 is 0 Å². The van der Waals surface area contributed by atoms with E-state index in [1.165, 1.54) is 18.5 Å². The van der Waals surface area contributed by atoms with Gasteiger partial charge in [0.25, 0.3) is 0 Å². The standard InChI is InChI=1S/C14H22N2/c1-3-12(2)16-10-9-15-14(11-16)13-7-5-4-6-8-13/h4-8,12,14-15H,3,9-11H2,1-2H3. The predicted octanol–water partition coefficient (Wildman–Crippen LogP) is 2.43. The van der Waals surface area contributed by atoms with Gasteiger partial charge in [-0.2, -0.15) is 0 Å². The second kappa shape index (κ2) is 5.46. The second-order valence-corrected chi connectivity index (χ2v) is 4.67. The van der Waals surface area contributed by atoms with Gasteiger partial charge in [0.1, 0.15) is 0 Å². The molecule has 1 aromatic rings. The van der Waals surface area contributed by atoms with E-state index in [1.54, 1.807) is 0 Å². The van der Waals surface area contributed by atoms with Crippen molar-refractivity contribution >= 4 is 0 Å². The van der Waals surface area contributed by atoms with Crippen LogP contribution < -0.4 is 5.32 Å². The number of piperazine rings is 1. The predicted molar refractivity (Wildman–Crippen MR) is 68.5 cm³/mol. The Bertz CT molecular complexity index is 310. The first-order valence-electron chi connectivity index (χ1n) is 6.33. The average Bonchev–Trinajstić information content (AvgIpc) is 2.39. The van der Waals surface area contributed by atoms with E-state index in [4.69, 9.17) is 0 Å². The number of benzene rings is 1. The van der Waals surface area contributed by atoms with Crippen molar-refractivity contribution in [3.05, 3.63) is 35.9 Å². The number of rotatable bonds is 3. The third-order valence-corrected chi connectivity index (χ3v) is 3.62. The third kappa shape index (κ3) is 2.63. The summed E-state index contributed by atoms with van der Waals surface area (Å²) in [5.41, 5.74) is 1.41. The van der Waals surface area contributed by atoms with Crippen LogP contribution in [0.15, 0.2) is 30.3 Å². The maximum atomic E-state index is 3.60. The first-order chi connectivity index (χ1) is 7.81. The van der Waals surface area contributed by atoms with Gasteiger partial charge >= 0.3 is 0 Å². The molecule has 1 heterocycles. The Hall–Kier alpha value is -0.860. The fourth-order valence-electron chi connectivity index (χ4n) is 2.34. The number of hydrogen-bond donors (Lipinski definition) is 1. The molecule has 0 spiro atoms. The van der Waals surface area contributed by atoms with Crippen LogP contribution in [0.2, 0.25) is 0 Å². The lowest BCUT2D eigenvalue weighted by Crippen LogP contribution is -2.49. The van der Waals surface area contributed by atoms with Gasteiger partial charge in [0.2, 0.25) is 0 Å². The lowest BCUT2D eigenvalue weighted by atomic mass is 10.0. The number of nitrogens with one attached hydrogen (secondary N) is 1. The molecule has 2 unspecified atom stereocenters. The zero-order valence-corrected chi connectivity index (χ0v) is 10.3. The van der Waals surface area contributed by atoms with Gasteiger partial charge in [-0.3, -0.25) is 4.90 Å². The van der Waals surface area contributed by atoms with Crippen molar-refractivity contribution in [2.45, 2.75) is 32.4 Å². The van der Waals surface area contributed by atoms with E-state index < -0.39 is 0 Å². The molecule has 0 aromatic heterocycles. The van der Waals surface area contributed by atoms with Gasteiger partial charge in [0.15, 0.2) is 0 Å². The summed E-state index contributed by atoms with van der Waals surface area (Å²) in [6.07, 6.45) is 1.24. The fraction of sp³-hybridized carbons (Fsp3) is 0.571. The molecule has 0 amide bonds. The van der Waals surface area contributed by atoms with Crippen molar-refractivity contribution in [2.75, 3.05) is 19.6 Å². The Kier molecular flexibility index (Phi) is 3.97. The van der Waals surface area contributed by atoms with Crippen LogP contribution in [0.1, 0.15) is 31.9 Å². The normalized spacial score (nSPS) is 24.2. The Morgan fingerprint density at radius 1 is 1.38 bits per heavy atom. The average molecular weight is 218 g/mol. The molecule has 2 atom stereocenters. The van der Waals surface area contributed by atoms with E-state index in [0.29, 0.717) is 12.1 Å². The molecule has 0 bridgehead atoms. The molecule has 1 aliphatic rings. The highest BCUT2D eigenvalue weighted by atomic mass is 15.2. The molecule has 0 saturated carbocycles. The monoisotopic (exact) mass is 218 g/mol. The minimum Gasteiger partial charge on any atom is -0.308 e. The molecule has 1 fully saturated rings. The summed E-state index contributed by atoms with van der Waals surface area (Å²) in [7, 11) is 0. The quantitative estimate of drug-likeness (QED) is 0.838. The van der Waals surface area contributed by atoms with Crippen molar-refractivity contribution in [1.29, 1.82) is 0 Å². The molecule has 1 aromatic carbocycles. The van der Waals surface area contributed by atoms with Crippen molar-refractivity contribution in [3.63, 3.8) is 0 Å². The summed E-state index contributed by atoms with van der Waals surface area (Å²) in [5, 5.41) is 3.60. The first kappa shape index (κ1) is 11.6. The SMILES string of the molecule is CCC(C)N1CCNC(c2ccccc2)C1. The first-order valence-corrected chi connectivity index (χ1v) is 6.33. The van der Waals surface area contributed by atoms with Gasteiger partial charge < -0.3 is 5.32 Å². The smallest absolute Gasteiger partial charge is 0.0449 e. The van der Waals surface area contributed by atoms with Gasteiger partial charge in [-0.25, -0.2) is 0 Å². The van der Waals surface area contributed by atoms with Crippen molar-refractivity contribution in [1.82, 2.24) is 10.2 Å². The van der Waals surface area contributed by atoms with Crippen LogP contribution in [0.25, 0.3) is 0 Å². The minimum absolute atomic E-state index is 0.504. The zero-order valence-electron chi connectivity index (χ0n) is 10.3. The molecular weight excluding hydrogens is 196 g/mol. The Morgan fingerprint density at radius 3 is 2.81 bits per heavy atom. The highest BCUT2D eigenvalue weighted by Crippen LogP contribution is 2.18. The zero-order chi connectivity index (χ0) is 11.4. The molecule has 2 heteroatoms. The molecule has 2 nitrogen and oxygen atoms in total. The van der Waals surface area contributed by atoms with Gasteiger partial charge in [-0.15, -0.1) is 0 Å². The van der Waals surface area contributed by atoms with Crippen LogP contribution in [-0.4, -0.2) is 30.6 Å².